The summed E-state index contributed by atoms with van der Waals surface area (Å²) in [5.74, 6) is -1.26. The average molecular weight is 151 g/mol. The summed E-state index contributed by atoms with van der Waals surface area (Å²) in [7, 11) is 2.34. The standard InChI is InChI=1S/C6H6N3P/c7-1-5(2-8)6(3-9)4-10/h5-6H,4,10H2. The molecule has 10 heavy (non-hydrogen) atoms. The molecule has 0 aliphatic rings. The number of hydrogen-bond acceptors (Lipinski definition) is 3. The van der Waals surface area contributed by atoms with E-state index < -0.39 is 11.8 Å². The second kappa shape index (κ2) is 4.75. The molecule has 0 aliphatic carbocycles. The highest BCUT2D eigenvalue weighted by molar-refractivity contribution is 7.16. The molecule has 0 saturated carbocycles. The SMILES string of the molecule is N#CC(C#N)C(C#N)CP. The van der Waals surface area contributed by atoms with Gasteiger partial charge in [-0.3, -0.25) is 0 Å². The largest absolute Gasteiger partial charge is 0.198 e. The summed E-state index contributed by atoms with van der Waals surface area (Å²) in [6, 6.07) is 5.40. The molecule has 0 amide bonds. The minimum Gasteiger partial charge on any atom is -0.198 e. The van der Waals surface area contributed by atoms with E-state index in [1.807, 2.05) is 6.07 Å². The quantitative estimate of drug-likeness (QED) is 0.544. The van der Waals surface area contributed by atoms with E-state index in [9.17, 15) is 0 Å². The van der Waals surface area contributed by atoms with E-state index >= 15 is 0 Å². The van der Waals surface area contributed by atoms with E-state index in [1.165, 1.54) is 0 Å². The molecular weight excluding hydrogens is 145 g/mol. The minimum atomic E-state index is -0.789. The van der Waals surface area contributed by atoms with E-state index in [2.05, 4.69) is 9.24 Å². The normalized spacial score (nSPS) is 11.1. The zero-order valence-electron chi connectivity index (χ0n) is 5.28. The molecule has 3 nitrogen and oxygen atoms in total. The summed E-state index contributed by atoms with van der Waals surface area (Å²) >= 11 is 0. The fourth-order valence-corrected chi connectivity index (χ4v) is 0.850. The van der Waals surface area contributed by atoms with Gasteiger partial charge in [0.2, 0.25) is 0 Å². The molecule has 2 unspecified atom stereocenters. The van der Waals surface area contributed by atoms with Crippen molar-refractivity contribution >= 4 is 9.24 Å². The molecule has 0 saturated heterocycles. The van der Waals surface area contributed by atoms with Gasteiger partial charge in [0.1, 0.15) is 5.92 Å². The Kier molecular flexibility index (Phi) is 4.23. The maximum atomic E-state index is 8.39. The van der Waals surface area contributed by atoms with Crippen LogP contribution in [0.3, 0.4) is 0 Å². The summed E-state index contributed by atoms with van der Waals surface area (Å²) < 4.78 is 0. The molecule has 0 aromatic carbocycles. The van der Waals surface area contributed by atoms with Gasteiger partial charge in [0.05, 0.1) is 24.1 Å². The molecule has 0 aromatic rings. The number of nitrogens with zero attached hydrogens (tertiary/aromatic N) is 3. The van der Waals surface area contributed by atoms with Gasteiger partial charge in [0.25, 0.3) is 0 Å². The highest BCUT2D eigenvalue weighted by Crippen LogP contribution is 2.11. The van der Waals surface area contributed by atoms with Crippen LogP contribution in [-0.2, 0) is 0 Å². The number of hydrogen-bond donors (Lipinski definition) is 0. The molecule has 0 aliphatic heterocycles. The first-order chi connectivity index (χ1) is 4.79. The first-order valence-corrected chi connectivity index (χ1v) is 3.50. The monoisotopic (exact) mass is 151 g/mol. The maximum absolute atomic E-state index is 8.39. The Bertz CT molecular complexity index is 203. The number of nitriles is 3. The summed E-state index contributed by atoms with van der Waals surface area (Å²) in [6.07, 6.45) is 0.474. The summed E-state index contributed by atoms with van der Waals surface area (Å²) in [5.41, 5.74) is 0. The number of rotatable bonds is 2. The Balaban J connectivity index is 4.20. The van der Waals surface area contributed by atoms with E-state index in [-0.39, 0.29) is 0 Å². The predicted molar refractivity (Wildman–Crippen MR) is 38.4 cm³/mol. The third-order valence-corrected chi connectivity index (χ3v) is 1.61. The van der Waals surface area contributed by atoms with Crippen molar-refractivity contribution in [3.63, 3.8) is 0 Å². The third-order valence-electron chi connectivity index (χ3n) is 1.10. The predicted octanol–water partition coefficient (Wildman–Crippen LogP) is 0.665. The second-order valence-corrected chi connectivity index (χ2v) is 2.18. The van der Waals surface area contributed by atoms with Crippen molar-refractivity contribution in [2.24, 2.45) is 11.8 Å². The minimum absolute atomic E-state index is 0.472. The highest BCUT2D eigenvalue weighted by atomic mass is 31.0. The lowest BCUT2D eigenvalue weighted by atomic mass is 9.99. The van der Waals surface area contributed by atoms with Crippen LogP contribution in [0.15, 0.2) is 0 Å². The average Bonchev–Trinajstić information content (AvgIpc) is 2.00. The van der Waals surface area contributed by atoms with Crippen LogP contribution < -0.4 is 0 Å². The van der Waals surface area contributed by atoms with Crippen LogP contribution in [-0.4, -0.2) is 6.16 Å². The fourth-order valence-electron chi connectivity index (χ4n) is 0.472. The summed E-state index contributed by atoms with van der Waals surface area (Å²) in [5, 5.41) is 25.0. The van der Waals surface area contributed by atoms with Gasteiger partial charge >= 0.3 is 0 Å². The summed E-state index contributed by atoms with van der Waals surface area (Å²) in [4.78, 5) is 0. The molecule has 4 heteroatoms. The molecule has 0 fully saturated rings. The van der Waals surface area contributed by atoms with Crippen molar-refractivity contribution in [2.75, 3.05) is 6.16 Å². The van der Waals surface area contributed by atoms with Crippen molar-refractivity contribution in [1.82, 2.24) is 0 Å². The zero-order chi connectivity index (χ0) is 7.98. The van der Waals surface area contributed by atoms with Gasteiger partial charge in [-0.1, -0.05) is 0 Å². The van der Waals surface area contributed by atoms with Crippen molar-refractivity contribution in [3.8, 4) is 18.2 Å². The molecule has 0 spiro atoms. The van der Waals surface area contributed by atoms with Crippen LogP contribution >= 0.6 is 9.24 Å². The van der Waals surface area contributed by atoms with Gasteiger partial charge in [-0.2, -0.15) is 15.8 Å². The van der Waals surface area contributed by atoms with Crippen molar-refractivity contribution in [2.45, 2.75) is 0 Å². The van der Waals surface area contributed by atoms with Crippen LogP contribution in [0.2, 0.25) is 0 Å². The van der Waals surface area contributed by atoms with Crippen LogP contribution in [0.4, 0.5) is 0 Å². The molecule has 50 valence electrons. The van der Waals surface area contributed by atoms with Crippen molar-refractivity contribution in [1.29, 1.82) is 15.8 Å². The van der Waals surface area contributed by atoms with E-state index in [0.717, 1.165) is 0 Å². The van der Waals surface area contributed by atoms with E-state index in [1.54, 1.807) is 12.1 Å². The lowest BCUT2D eigenvalue weighted by molar-refractivity contribution is 0.658. The molecule has 0 heterocycles. The van der Waals surface area contributed by atoms with Gasteiger partial charge < -0.3 is 0 Å². The zero-order valence-corrected chi connectivity index (χ0v) is 6.44. The Hall–Kier alpha value is -1.10. The molecule has 0 radical (unpaired) electrons. The molecular formula is C6H6N3P. The van der Waals surface area contributed by atoms with Gasteiger partial charge in [0, 0.05) is 0 Å². The first kappa shape index (κ1) is 8.90. The Morgan fingerprint density at radius 3 is 1.70 bits per heavy atom. The Labute approximate surface area is 62.1 Å². The highest BCUT2D eigenvalue weighted by Gasteiger charge is 2.17. The molecule has 2 atom stereocenters. The van der Waals surface area contributed by atoms with Gasteiger partial charge in [-0.15, -0.1) is 9.24 Å². The van der Waals surface area contributed by atoms with Crippen LogP contribution in [0.1, 0.15) is 0 Å². The summed E-state index contributed by atoms with van der Waals surface area (Å²) in [6.45, 7) is 0. The lowest BCUT2D eigenvalue weighted by Crippen LogP contribution is -2.10. The lowest BCUT2D eigenvalue weighted by Gasteiger charge is -2.02. The molecule has 0 rings (SSSR count). The topological polar surface area (TPSA) is 71.4 Å². The molecule has 0 bridgehead atoms. The van der Waals surface area contributed by atoms with E-state index in [4.69, 9.17) is 15.8 Å². The van der Waals surface area contributed by atoms with Crippen molar-refractivity contribution < 1.29 is 0 Å². The van der Waals surface area contributed by atoms with Crippen molar-refractivity contribution in [3.05, 3.63) is 0 Å². The van der Waals surface area contributed by atoms with E-state index in [0.29, 0.717) is 6.16 Å². The van der Waals surface area contributed by atoms with Gasteiger partial charge in [-0.05, 0) is 6.16 Å². The smallest absolute Gasteiger partial charge is 0.149 e. The molecule has 0 N–H and O–H groups in total. The Morgan fingerprint density at radius 1 is 1.10 bits per heavy atom. The van der Waals surface area contributed by atoms with Gasteiger partial charge in [0.15, 0.2) is 0 Å². The maximum Gasteiger partial charge on any atom is 0.149 e. The van der Waals surface area contributed by atoms with Crippen LogP contribution in [0.5, 0.6) is 0 Å². The van der Waals surface area contributed by atoms with Crippen LogP contribution in [0.25, 0.3) is 0 Å². The molecule has 0 aromatic heterocycles. The fraction of sp³-hybridized carbons (Fsp3) is 0.500. The van der Waals surface area contributed by atoms with Gasteiger partial charge in [-0.25, -0.2) is 0 Å². The third kappa shape index (κ3) is 2.02. The first-order valence-electron chi connectivity index (χ1n) is 2.69. The Morgan fingerprint density at radius 2 is 1.60 bits per heavy atom. The second-order valence-electron chi connectivity index (χ2n) is 1.71. The van der Waals surface area contributed by atoms with Crippen LogP contribution in [0, 0.1) is 45.8 Å².